The van der Waals surface area contributed by atoms with E-state index in [0.29, 0.717) is 11.0 Å². The molecular weight excluding hydrogens is 146 g/mol. The molecule has 0 aliphatic rings. The van der Waals surface area contributed by atoms with E-state index in [1.54, 1.807) is 18.2 Å². The molecule has 0 aliphatic carbocycles. The first-order chi connectivity index (χ1) is 5.42. The van der Waals surface area contributed by atoms with E-state index < -0.39 is 0 Å². The average molecular weight is 151 g/mol. The molecule has 2 aromatic rings. The van der Waals surface area contributed by atoms with Gasteiger partial charge in [0.15, 0.2) is 0 Å². The normalized spacial score (nSPS) is 10.3. The predicted octanol–water partition coefficient (Wildman–Crippen LogP) is 0.333. The lowest BCUT2D eigenvalue weighted by molar-refractivity contribution is -0.250. The predicted molar refractivity (Wildman–Crippen MR) is 36.7 cm³/mol. The molecule has 0 bridgehead atoms. The van der Waals surface area contributed by atoms with Gasteiger partial charge in [-0.3, -0.25) is 0 Å². The monoisotopic (exact) mass is 151 g/mol. The van der Waals surface area contributed by atoms with Gasteiger partial charge in [-0.05, 0) is 22.2 Å². The maximum atomic E-state index is 8.28. The molecule has 0 aliphatic heterocycles. The van der Waals surface area contributed by atoms with Gasteiger partial charge in [0.2, 0.25) is 0 Å². The third-order valence-corrected chi connectivity index (χ3v) is 1.40. The maximum absolute atomic E-state index is 8.28. The van der Waals surface area contributed by atoms with E-state index in [9.17, 15) is 0 Å². The number of rotatable bonds is 1. The molecule has 1 N–H and O–H groups in total. The Kier molecular flexibility index (Phi) is 1.23. The number of fused-ring (bicyclic) bond motifs is 1. The highest BCUT2D eigenvalue weighted by atomic mass is 17.2. The molecule has 0 fully saturated rings. The molecule has 0 unspecified atom stereocenters. The van der Waals surface area contributed by atoms with E-state index in [4.69, 9.17) is 5.26 Å². The Balaban J connectivity index is 2.76. The molecule has 0 saturated heterocycles. The minimum absolute atomic E-state index is 0.634. The second kappa shape index (κ2) is 2.21. The summed E-state index contributed by atoms with van der Waals surface area (Å²) in [6, 6.07) is 7.16. The topological polar surface area (TPSA) is 60.2 Å². The highest BCUT2D eigenvalue weighted by molar-refractivity contribution is 5.73. The van der Waals surface area contributed by atoms with Crippen molar-refractivity contribution in [2.75, 3.05) is 0 Å². The Labute approximate surface area is 61.7 Å². The van der Waals surface area contributed by atoms with Gasteiger partial charge in [0.05, 0.1) is 0 Å². The van der Waals surface area contributed by atoms with Crippen LogP contribution in [0.4, 0.5) is 0 Å². The van der Waals surface area contributed by atoms with Crippen LogP contribution in [-0.2, 0) is 0 Å². The first-order valence-electron chi connectivity index (χ1n) is 3.04. The number of hydrogen-bond donors (Lipinski definition) is 1. The molecule has 56 valence electrons. The fraction of sp³-hybridized carbons (Fsp3) is 0. The van der Waals surface area contributed by atoms with Crippen LogP contribution in [0, 0.1) is 0 Å². The molecule has 1 aromatic carbocycles. The highest BCUT2D eigenvalue weighted by Gasteiger charge is 2.01. The fourth-order valence-electron chi connectivity index (χ4n) is 0.908. The molecule has 0 radical (unpaired) electrons. The minimum atomic E-state index is 0.634. The summed E-state index contributed by atoms with van der Waals surface area (Å²) in [5.41, 5.74) is 1.32. The largest absolute Gasteiger partial charge is 0.222 e. The number of benzene rings is 1. The standard InChI is InChI=1S/C6H5N3O2/c10-11-9-6-4-2-1-3-5(6)7-8-9/h1-4,10H. The lowest BCUT2D eigenvalue weighted by atomic mass is 10.3. The zero-order valence-corrected chi connectivity index (χ0v) is 5.51. The van der Waals surface area contributed by atoms with Crippen molar-refractivity contribution < 1.29 is 10.2 Å². The molecular formula is C6H5N3O2. The summed E-state index contributed by atoms with van der Waals surface area (Å²) in [6.45, 7) is 0. The first-order valence-corrected chi connectivity index (χ1v) is 3.04. The summed E-state index contributed by atoms with van der Waals surface area (Å²) >= 11 is 0. The molecule has 1 heterocycles. The first kappa shape index (κ1) is 6.11. The smallest absolute Gasteiger partial charge is 0.134 e. The number of hydrogen-bond acceptors (Lipinski definition) is 4. The van der Waals surface area contributed by atoms with Gasteiger partial charge in [0, 0.05) is 0 Å². The second-order valence-electron chi connectivity index (χ2n) is 2.03. The van der Waals surface area contributed by atoms with E-state index in [0.717, 1.165) is 4.85 Å². The highest BCUT2D eigenvalue weighted by Crippen LogP contribution is 2.07. The van der Waals surface area contributed by atoms with Crippen LogP contribution < -0.4 is 4.99 Å². The lowest BCUT2D eigenvalue weighted by Gasteiger charge is -1.91. The van der Waals surface area contributed by atoms with Crippen LogP contribution in [0.5, 0.6) is 0 Å². The maximum Gasteiger partial charge on any atom is 0.134 e. The van der Waals surface area contributed by atoms with Crippen molar-refractivity contribution in [3.8, 4) is 0 Å². The molecule has 5 heteroatoms. The molecule has 1 aromatic heterocycles. The van der Waals surface area contributed by atoms with Gasteiger partial charge in [-0.25, -0.2) is 4.99 Å². The zero-order chi connectivity index (χ0) is 7.68. The van der Waals surface area contributed by atoms with Gasteiger partial charge < -0.3 is 0 Å². The van der Waals surface area contributed by atoms with Crippen LogP contribution in [0.25, 0.3) is 11.0 Å². The van der Waals surface area contributed by atoms with E-state index >= 15 is 0 Å². The summed E-state index contributed by atoms with van der Waals surface area (Å²) in [6.07, 6.45) is 0. The Bertz CT molecular complexity index is 371. The third-order valence-electron chi connectivity index (χ3n) is 1.40. The van der Waals surface area contributed by atoms with Gasteiger partial charge in [-0.1, -0.05) is 12.1 Å². The summed E-state index contributed by atoms with van der Waals surface area (Å²) < 4.78 is 0. The molecule has 11 heavy (non-hydrogen) atoms. The Morgan fingerprint density at radius 1 is 1.36 bits per heavy atom. The molecule has 0 atom stereocenters. The molecule has 2 rings (SSSR count). The summed E-state index contributed by atoms with van der Waals surface area (Å²) in [7, 11) is 0. The van der Waals surface area contributed by atoms with E-state index in [2.05, 4.69) is 15.3 Å². The lowest BCUT2D eigenvalue weighted by Crippen LogP contribution is -2.07. The van der Waals surface area contributed by atoms with Crippen molar-refractivity contribution in [1.29, 1.82) is 0 Å². The van der Waals surface area contributed by atoms with Gasteiger partial charge >= 0.3 is 0 Å². The van der Waals surface area contributed by atoms with Crippen molar-refractivity contribution in [2.24, 2.45) is 0 Å². The van der Waals surface area contributed by atoms with Gasteiger partial charge in [-0.15, -0.1) is 5.10 Å². The average Bonchev–Trinajstić information content (AvgIpc) is 2.47. The van der Waals surface area contributed by atoms with Crippen molar-refractivity contribution in [1.82, 2.24) is 15.2 Å². The number of nitrogens with zero attached hydrogens (tertiary/aromatic N) is 3. The van der Waals surface area contributed by atoms with Crippen LogP contribution in [-0.4, -0.2) is 20.4 Å². The van der Waals surface area contributed by atoms with Crippen molar-refractivity contribution in [3.05, 3.63) is 24.3 Å². The molecule has 0 spiro atoms. The SMILES string of the molecule is OOn1nnc2ccccc21. The molecule has 0 saturated carbocycles. The van der Waals surface area contributed by atoms with E-state index in [1.807, 2.05) is 6.07 Å². The number of aromatic nitrogens is 3. The zero-order valence-electron chi connectivity index (χ0n) is 5.51. The minimum Gasteiger partial charge on any atom is -0.222 e. The Morgan fingerprint density at radius 3 is 3.00 bits per heavy atom. The Morgan fingerprint density at radius 2 is 2.18 bits per heavy atom. The third kappa shape index (κ3) is 0.821. The van der Waals surface area contributed by atoms with Crippen molar-refractivity contribution in [2.45, 2.75) is 0 Å². The number of para-hydroxylation sites is 1. The van der Waals surface area contributed by atoms with Crippen molar-refractivity contribution in [3.63, 3.8) is 0 Å². The van der Waals surface area contributed by atoms with Gasteiger partial charge in [0.25, 0.3) is 0 Å². The van der Waals surface area contributed by atoms with Crippen LogP contribution in [0.1, 0.15) is 0 Å². The van der Waals surface area contributed by atoms with Crippen LogP contribution >= 0.6 is 0 Å². The second-order valence-corrected chi connectivity index (χ2v) is 2.03. The quantitative estimate of drug-likeness (QED) is 0.471. The van der Waals surface area contributed by atoms with Gasteiger partial charge in [0.1, 0.15) is 11.0 Å². The molecule has 5 nitrogen and oxygen atoms in total. The van der Waals surface area contributed by atoms with E-state index in [-0.39, 0.29) is 0 Å². The van der Waals surface area contributed by atoms with Crippen LogP contribution in [0.15, 0.2) is 24.3 Å². The fourth-order valence-corrected chi connectivity index (χ4v) is 0.908. The summed E-state index contributed by atoms with van der Waals surface area (Å²) in [5, 5.41) is 15.5. The van der Waals surface area contributed by atoms with Crippen LogP contribution in [0.2, 0.25) is 0 Å². The van der Waals surface area contributed by atoms with E-state index in [1.165, 1.54) is 0 Å². The Hall–Kier alpha value is -1.62. The van der Waals surface area contributed by atoms with Crippen molar-refractivity contribution >= 4 is 11.0 Å². The molecule has 0 amide bonds. The van der Waals surface area contributed by atoms with Crippen LogP contribution in [0.3, 0.4) is 0 Å². The van der Waals surface area contributed by atoms with Gasteiger partial charge in [-0.2, -0.15) is 5.26 Å². The summed E-state index contributed by atoms with van der Waals surface area (Å²) in [5.74, 6) is 0. The summed E-state index contributed by atoms with van der Waals surface area (Å²) in [4.78, 5) is 4.85.